The lowest BCUT2D eigenvalue weighted by Gasteiger charge is -2.12. The summed E-state index contributed by atoms with van der Waals surface area (Å²) in [5.74, 6) is -0.106. The number of carbonyl (C=O) groups is 1. The maximum atomic E-state index is 11.8. The molecule has 0 heterocycles. The molecule has 0 fully saturated rings. The molecule has 7 heteroatoms. The van der Waals surface area contributed by atoms with Crippen molar-refractivity contribution >= 4 is 21.6 Å². The predicted octanol–water partition coefficient (Wildman–Crippen LogP) is 1.31. The van der Waals surface area contributed by atoms with Gasteiger partial charge in [-0.25, -0.2) is 13.1 Å². The summed E-state index contributed by atoms with van der Waals surface area (Å²) in [6.07, 6.45) is 0.366. The monoisotopic (exact) mass is 313 g/mol. The Hall–Kier alpha value is -1.44. The molecule has 1 rings (SSSR count). The van der Waals surface area contributed by atoms with Crippen molar-refractivity contribution in [3.8, 4) is 0 Å². The van der Waals surface area contributed by atoms with Crippen LogP contribution in [0.5, 0.6) is 0 Å². The molecule has 0 saturated carbocycles. The number of nitrogens with one attached hydrogen (secondary N) is 3. The highest BCUT2D eigenvalue weighted by atomic mass is 32.2. The van der Waals surface area contributed by atoms with Crippen molar-refractivity contribution in [3.63, 3.8) is 0 Å². The van der Waals surface area contributed by atoms with Crippen LogP contribution in [0.25, 0.3) is 0 Å². The molecule has 0 radical (unpaired) electrons. The van der Waals surface area contributed by atoms with E-state index in [-0.39, 0.29) is 16.8 Å². The Morgan fingerprint density at radius 1 is 1.14 bits per heavy atom. The highest BCUT2D eigenvalue weighted by Gasteiger charge is 2.13. The molecule has 1 unspecified atom stereocenters. The van der Waals surface area contributed by atoms with Crippen molar-refractivity contribution < 1.29 is 13.2 Å². The Bertz CT molecular complexity index is 555. The van der Waals surface area contributed by atoms with Gasteiger partial charge < -0.3 is 10.6 Å². The number of sulfonamides is 1. The van der Waals surface area contributed by atoms with Crippen molar-refractivity contribution in [2.24, 2.45) is 0 Å². The molecule has 1 aromatic rings. The third-order valence-corrected chi connectivity index (χ3v) is 4.39. The quantitative estimate of drug-likeness (QED) is 0.675. The number of rotatable bonds is 8. The van der Waals surface area contributed by atoms with E-state index in [1.807, 2.05) is 13.8 Å². The molecule has 21 heavy (non-hydrogen) atoms. The van der Waals surface area contributed by atoms with E-state index in [1.165, 1.54) is 12.1 Å². The largest absolute Gasteiger partial charge is 0.326 e. The standard InChI is InChI=1S/C14H23N3O3S/c1-4-15-11(3)10-14(18)17-12-6-8-13(9-7-12)21(19,20)16-5-2/h6-9,11,15-16H,4-5,10H2,1-3H3,(H,17,18). The summed E-state index contributed by atoms with van der Waals surface area (Å²) in [5, 5.41) is 5.90. The Morgan fingerprint density at radius 3 is 2.29 bits per heavy atom. The zero-order chi connectivity index (χ0) is 15.9. The summed E-state index contributed by atoms with van der Waals surface area (Å²) in [6.45, 7) is 6.79. The minimum Gasteiger partial charge on any atom is -0.326 e. The van der Waals surface area contributed by atoms with Gasteiger partial charge in [-0.05, 0) is 37.7 Å². The summed E-state index contributed by atoms with van der Waals surface area (Å²) >= 11 is 0. The van der Waals surface area contributed by atoms with E-state index in [9.17, 15) is 13.2 Å². The van der Waals surface area contributed by atoms with Gasteiger partial charge in [0.1, 0.15) is 0 Å². The molecule has 118 valence electrons. The Labute approximate surface area is 126 Å². The smallest absolute Gasteiger partial charge is 0.240 e. The van der Waals surface area contributed by atoms with Crippen LogP contribution in [0.1, 0.15) is 27.2 Å². The molecule has 1 amide bonds. The van der Waals surface area contributed by atoms with Gasteiger partial charge in [-0.3, -0.25) is 4.79 Å². The van der Waals surface area contributed by atoms with Gasteiger partial charge in [0.2, 0.25) is 15.9 Å². The van der Waals surface area contributed by atoms with Crippen molar-refractivity contribution in [1.82, 2.24) is 10.0 Å². The molecular weight excluding hydrogens is 290 g/mol. The van der Waals surface area contributed by atoms with Gasteiger partial charge in [0.15, 0.2) is 0 Å². The number of amides is 1. The van der Waals surface area contributed by atoms with E-state index in [0.29, 0.717) is 18.7 Å². The van der Waals surface area contributed by atoms with Crippen molar-refractivity contribution in [2.45, 2.75) is 38.1 Å². The van der Waals surface area contributed by atoms with Gasteiger partial charge in [0.25, 0.3) is 0 Å². The number of hydrogen-bond donors (Lipinski definition) is 3. The molecule has 0 aliphatic heterocycles. The molecule has 0 aliphatic carbocycles. The van der Waals surface area contributed by atoms with Crippen LogP contribution < -0.4 is 15.4 Å². The molecule has 0 bridgehead atoms. The second kappa shape index (κ2) is 8.11. The second-order valence-corrected chi connectivity index (χ2v) is 6.50. The van der Waals surface area contributed by atoms with E-state index >= 15 is 0 Å². The van der Waals surface area contributed by atoms with Crippen molar-refractivity contribution in [1.29, 1.82) is 0 Å². The van der Waals surface area contributed by atoms with Gasteiger partial charge in [0, 0.05) is 24.7 Å². The van der Waals surface area contributed by atoms with Crippen LogP contribution in [0.4, 0.5) is 5.69 Å². The van der Waals surface area contributed by atoms with Gasteiger partial charge in [-0.15, -0.1) is 0 Å². The molecule has 0 spiro atoms. The molecule has 0 aromatic heterocycles. The van der Waals surface area contributed by atoms with Crippen LogP contribution in [0.2, 0.25) is 0 Å². The lowest BCUT2D eigenvalue weighted by Crippen LogP contribution is -2.30. The fourth-order valence-corrected chi connectivity index (χ4v) is 2.94. The first-order valence-electron chi connectivity index (χ1n) is 7.02. The molecule has 6 nitrogen and oxygen atoms in total. The molecule has 0 saturated heterocycles. The number of benzene rings is 1. The summed E-state index contributed by atoms with van der Waals surface area (Å²) in [7, 11) is -3.45. The topological polar surface area (TPSA) is 87.3 Å². The minimum absolute atomic E-state index is 0.100. The molecule has 0 aliphatic rings. The Balaban J connectivity index is 2.65. The van der Waals surface area contributed by atoms with Crippen LogP contribution in [0.3, 0.4) is 0 Å². The first kappa shape index (κ1) is 17.6. The number of carbonyl (C=O) groups excluding carboxylic acids is 1. The average Bonchev–Trinajstić information content (AvgIpc) is 2.39. The van der Waals surface area contributed by atoms with Crippen molar-refractivity contribution in [2.75, 3.05) is 18.4 Å². The highest BCUT2D eigenvalue weighted by molar-refractivity contribution is 7.89. The molecular formula is C14H23N3O3S. The number of anilines is 1. The fraction of sp³-hybridized carbons (Fsp3) is 0.500. The molecule has 1 atom stereocenters. The minimum atomic E-state index is -3.45. The third kappa shape index (κ3) is 5.82. The van der Waals surface area contributed by atoms with Crippen LogP contribution in [0, 0.1) is 0 Å². The van der Waals surface area contributed by atoms with Crippen LogP contribution in [0.15, 0.2) is 29.2 Å². The van der Waals surface area contributed by atoms with E-state index < -0.39 is 10.0 Å². The zero-order valence-corrected chi connectivity index (χ0v) is 13.5. The van der Waals surface area contributed by atoms with Gasteiger partial charge >= 0.3 is 0 Å². The summed E-state index contributed by atoms with van der Waals surface area (Å²) in [6, 6.07) is 6.21. The molecule has 1 aromatic carbocycles. The SMILES string of the molecule is CCNC(C)CC(=O)Nc1ccc(S(=O)(=O)NCC)cc1. The zero-order valence-electron chi connectivity index (χ0n) is 12.6. The summed E-state index contributed by atoms with van der Waals surface area (Å²) in [4.78, 5) is 12.0. The van der Waals surface area contributed by atoms with Crippen molar-refractivity contribution in [3.05, 3.63) is 24.3 Å². The number of hydrogen-bond acceptors (Lipinski definition) is 4. The predicted molar refractivity (Wildman–Crippen MR) is 83.7 cm³/mol. The Kier molecular flexibility index (Phi) is 6.80. The maximum absolute atomic E-state index is 11.8. The van der Waals surface area contributed by atoms with E-state index in [1.54, 1.807) is 19.1 Å². The van der Waals surface area contributed by atoms with Gasteiger partial charge in [0.05, 0.1) is 4.90 Å². The van der Waals surface area contributed by atoms with E-state index in [4.69, 9.17) is 0 Å². The lowest BCUT2D eigenvalue weighted by molar-refractivity contribution is -0.116. The van der Waals surface area contributed by atoms with Gasteiger partial charge in [-0.1, -0.05) is 13.8 Å². The maximum Gasteiger partial charge on any atom is 0.240 e. The highest BCUT2D eigenvalue weighted by Crippen LogP contribution is 2.14. The Morgan fingerprint density at radius 2 is 1.76 bits per heavy atom. The van der Waals surface area contributed by atoms with E-state index in [0.717, 1.165) is 6.54 Å². The lowest BCUT2D eigenvalue weighted by atomic mass is 10.2. The summed E-state index contributed by atoms with van der Waals surface area (Å²) < 4.78 is 26.0. The van der Waals surface area contributed by atoms with Crippen LogP contribution in [-0.2, 0) is 14.8 Å². The normalized spacial score (nSPS) is 12.9. The fourth-order valence-electron chi connectivity index (χ4n) is 1.90. The van der Waals surface area contributed by atoms with Gasteiger partial charge in [-0.2, -0.15) is 0 Å². The average molecular weight is 313 g/mol. The van der Waals surface area contributed by atoms with Crippen LogP contribution in [-0.4, -0.2) is 33.5 Å². The van der Waals surface area contributed by atoms with Crippen LogP contribution >= 0.6 is 0 Å². The summed E-state index contributed by atoms with van der Waals surface area (Å²) in [5.41, 5.74) is 0.583. The second-order valence-electron chi connectivity index (χ2n) is 4.74. The van der Waals surface area contributed by atoms with E-state index in [2.05, 4.69) is 15.4 Å². The first-order valence-corrected chi connectivity index (χ1v) is 8.50. The third-order valence-electron chi connectivity index (χ3n) is 2.83. The molecule has 3 N–H and O–H groups in total. The first-order chi connectivity index (χ1) is 9.89.